The molecule has 0 radical (unpaired) electrons. The predicted octanol–water partition coefficient (Wildman–Crippen LogP) is 1.78. The summed E-state index contributed by atoms with van der Waals surface area (Å²) in [5.74, 6) is 0.948. The topological polar surface area (TPSA) is 56.5 Å². The van der Waals surface area contributed by atoms with Crippen LogP contribution in [0.25, 0.3) is 0 Å². The summed E-state index contributed by atoms with van der Waals surface area (Å²) in [4.78, 5) is 0. The smallest absolute Gasteiger partial charge is 0.122 e. The van der Waals surface area contributed by atoms with E-state index in [1.165, 1.54) is 0 Å². The van der Waals surface area contributed by atoms with Crippen LogP contribution in [0.5, 0.6) is 5.75 Å². The molecule has 0 bridgehead atoms. The van der Waals surface area contributed by atoms with Crippen molar-refractivity contribution >= 4 is 5.69 Å². The van der Waals surface area contributed by atoms with Crippen molar-refractivity contribution in [1.29, 1.82) is 0 Å². The van der Waals surface area contributed by atoms with Crippen LogP contribution < -0.4 is 15.8 Å². The molecule has 4 heteroatoms. The highest BCUT2D eigenvalue weighted by Gasteiger charge is 2.36. The first-order valence-electron chi connectivity index (χ1n) is 6.44. The first-order valence-corrected chi connectivity index (χ1v) is 6.44. The minimum absolute atomic E-state index is 0.118. The normalized spacial score (nSPS) is 17.1. The standard InChI is InChI=1S/C14H22N2O2/c1-3-18-13-5-4-12(6-11(13)2)16-8-14(7-15)9-17-10-14/h4-6,16H,3,7-10,15H2,1-2H3. The molecule has 0 aliphatic carbocycles. The van der Waals surface area contributed by atoms with Gasteiger partial charge in [-0.15, -0.1) is 0 Å². The lowest BCUT2D eigenvalue weighted by Gasteiger charge is -2.40. The van der Waals surface area contributed by atoms with Crippen molar-refractivity contribution in [2.75, 3.05) is 38.2 Å². The Morgan fingerprint density at radius 3 is 2.72 bits per heavy atom. The summed E-state index contributed by atoms with van der Waals surface area (Å²) >= 11 is 0. The monoisotopic (exact) mass is 250 g/mol. The molecule has 1 heterocycles. The van der Waals surface area contributed by atoms with Gasteiger partial charge in [-0.25, -0.2) is 0 Å². The Morgan fingerprint density at radius 2 is 2.22 bits per heavy atom. The van der Waals surface area contributed by atoms with E-state index in [1.54, 1.807) is 0 Å². The molecule has 1 fully saturated rings. The molecule has 1 aromatic carbocycles. The van der Waals surface area contributed by atoms with Gasteiger partial charge in [-0.3, -0.25) is 0 Å². The summed E-state index contributed by atoms with van der Waals surface area (Å²) in [7, 11) is 0. The fourth-order valence-corrected chi connectivity index (χ4v) is 2.05. The van der Waals surface area contributed by atoms with Crippen molar-refractivity contribution in [2.45, 2.75) is 13.8 Å². The molecule has 0 amide bonds. The lowest BCUT2D eigenvalue weighted by atomic mass is 9.86. The van der Waals surface area contributed by atoms with Gasteiger partial charge in [0.25, 0.3) is 0 Å². The fourth-order valence-electron chi connectivity index (χ4n) is 2.05. The van der Waals surface area contributed by atoms with E-state index in [2.05, 4.69) is 18.3 Å². The molecule has 100 valence electrons. The molecule has 1 saturated heterocycles. The van der Waals surface area contributed by atoms with E-state index < -0.39 is 0 Å². The van der Waals surface area contributed by atoms with Crippen LogP contribution in [0.2, 0.25) is 0 Å². The zero-order valence-corrected chi connectivity index (χ0v) is 11.2. The Labute approximate surface area is 108 Å². The van der Waals surface area contributed by atoms with Crippen LogP contribution in [-0.2, 0) is 4.74 Å². The Morgan fingerprint density at radius 1 is 1.44 bits per heavy atom. The van der Waals surface area contributed by atoms with Gasteiger partial charge in [0.2, 0.25) is 0 Å². The molecule has 0 unspecified atom stereocenters. The van der Waals surface area contributed by atoms with E-state index in [0.717, 1.165) is 36.8 Å². The van der Waals surface area contributed by atoms with E-state index in [0.29, 0.717) is 13.2 Å². The molecule has 3 N–H and O–H groups in total. The van der Waals surface area contributed by atoms with E-state index >= 15 is 0 Å². The first kappa shape index (κ1) is 13.2. The van der Waals surface area contributed by atoms with Crippen LogP contribution in [0, 0.1) is 12.3 Å². The van der Waals surface area contributed by atoms with E-state index in [1.807, 2.05) is 19.1 Å². The maximum Gasteiger partial charge on any atom is 0.122 e. The highest BCUT2D eigenvalue weighted by Crippen LogP contribution is 2.27. The quantitative estimate of drug-likeness (QED) is 0.808. The Kier molecular flexibility index (Phi) is 4.09. The van der Waals surface area contributed by atoms with Gasteiger partial charge in [-0.05, 0) is 37.6 Å². The van der Waals surface area contributed by atoms with Crippen LogP contribution in [0.1, 0.15) is 12.5 Å². The second kappa shape index (κ2) is 5.59. The SMILES string of the molecule is CCOc1ccc(NCC2(CN)COC2)cc1C. The molecule has 0 aromatic heterocycles. The third-order valence-electron chi connectivity index (χ3n) is 3.39. The molecule has 18 heavy (non-hydrogen) atoms. The van der Waals surface area contributed by atoms with Crippen molar-refractivity contribution in [3.63, 3.8) is 0 Å². The number of hydrogen-bond donors (Lipinski definition) is 2. The van der Waals surface area contributed by atoms with E-state index in [9.17, 15) is 0 Å². The van der Waals surface area contributed by atoms with Gasteiger partial charge in [0.15, 0.2) is 0 Å². The van der Waals surface area contributed by atoms with Crippen molar-refractivity contribution in [1.82, 2.24) is 0 Å². The highest BCUT2D eigenvalue weighted by atomic mass is 16.5. The van der Waals surface area contributed by atoms with Gasteiger partial charge in [0.05, 0.1) is 19.8 Å². The molecular formula is C14H22N2O2. The van der Waals surface area contributed by atoms with E-state index in [4.69, 9.17) is 15.2 Å². The van der Waals surface area contributed by atoms with Crippen LogP contribution in [0.4, 0.5) is 5.69 Å². The van der Waals surface area contributed by atoms with Crippen LogP contribution in [-0.4, -0.2) is 32.9 Å². The number of benzene rings is 1. The largest absolute Gasteiger partial charge is 0.494 e. The second-order valence-corrected chi connectivity index (χ2v) is 4.96. The van der Waals surface area contributed by atoms with Crippen molar-refractivity contribution in [3.05, 3.63) is 23.8 Å². The van der Waals surface area contributed by atoms with Gasteiger partial charge in [0, 0.05) is 24.2 Å². The molecular weight excluding hydrogens is 228 g/mol. The van der Waals surface area contributed by atoms with Gasteiger partial charge < -0.3 is 20.5 Å². The number of anilines is 1. The van der Waals surface area contributed by atoms with Crippen molar-refractivity contribution in [2.24, 2.45) is 11.1 Å². The molecule has 0 saturated carbocycles. The van der Waals surface area contributed by atoms with Crippen LogP contribution in [0.15, 0.2) is 18.2 Å². The number of aryl methyl sites for hydroxylation is 1. The molecule has 1 aliphatic rings. The van der Waals surface area contributed by atoms with E-state index in [-0.39, 0.29) is 5.41 Å². The number of nitrogens with two attached hydrogens (primary N) is 1. The lowest BCUT2D eigenvalue weighted by Crippen LogP contribution is -2.52. The van der Waals surface area contributed by atoms with Gasteiger partial charge in [-0.2, -0.15) is 0 Å². The Hall–Kier alpha value is -1.26. The third kappa shape index (κ3) is 2.76. The molecule has 1 aromatic rings. The summed E-state index contributed by atoms with van der Waals surface area (Å²) in [5, 5.41) is 3.43. The molecule has 4 nitrogen and oxygen atoms in total. The van der Waals surface area contributed by atoms with Gasteiger partial charge in [-0.1, -0.05) is 0 Å². The van der Waals surface area contributed by atoms with Crippen LogP contribution in [0.3, 0.4) is 0 Å². The fraction of sp³-hybridized carbons (Fsp3) is 0.571. The minimum Gasteiger partial charge on any atom is -0.494 e. The minimum atomic E-state index is 0.118. The maximum absolute atomic E-state index is 5.79. The molecule has 0 atom stereocenters. The molecule has 1 aliphatic heterocycles. The number of nitrogens with one attached hydrogen (secondary N) is 1. The summed E-state index contributed by atoms with van der Waals surface area (Å²) in [5.41, 5.74) is 8.16. The average molecular weight is 250 g/mol. The maximum atomic E-state index is 5.79. The average Bonchev–Trinajstić information content (AvgIpc) is 2.32. The molecule has 0 spiro atoms. The van der Waals surface area contributed by atoms with Crippen LogP contribution >= 0.6 is 0 Å². The van der Waals surface area contributed by atoms with Crippen molar-refractivity contribution < 1.29 is 9.47 Å². The zero-order chi connectivity index (χ0) is 13.0. The highest BCUT2D eigenvalue weighted by molar-refractivity contribution is 5.51. The zero-order valence-electron chi connectivity index (χ0n) is 11.2. The summed E-state index contributed by atoms with van der Waals surface area (Å²) in [6.45, 7) is 7.78. The Bertz CT molecular complexity index is 397. The van der Waals surface area contributed by atoms with Crippen molar-refractivity contribution in [3.8, 4) is 5.75 Å². The number of rotatable bonds is 6. The molecule has 2 rings (SSSR count). The lowest BCUT2D eigenvalue weighted by molar-refractivity contribution is -0.0979. The summed E-state index contributed by atoms with van der Waals surface area (Å²) in [6.07, 6.45) is 0. The summed E-state index contributed by atoms with van der Waals surface area (Å²) < 4.78 is 10.8. The third-order valence-corrected chi connectivity index (χ3v) is 3.39. The van der Waals surface area contributed by atoms with Gasteiger partial charge >= 0.3 is 0 Å². The predicted molar refractivity (Wildman–Crippen MR) is 73.1 cm³/mol. The number of hydrogen-bond acceptors (Lipinski definition) is 4. The number of ether oxygens (including phenoxy) is 2. The van der Waals surface area contributed by atoms with Gasteiger partial charge in [0.1, 0.15) is 5.75 Å². The summed E-state index contributed by atoms with van der Waals surface area (Å²) in [6, 6.07) is 6.16. The Balaban J connectivity index is 1.95. The first-order chi connectivity index (χ1) is 8.69. The second-order valence-electron chi connectivity index (χ2n) is 4.96.